The number of aliphatic imine (C=N–C) groups is 1. The Labute approximate surface area is 181 Å². The molecular formula is C24H19F4N3O. The molecule has 0 aliphatic heterocycles. The van der Waals surface area contributed by atoms with Crippen molar-refractivity contribution in [3.8, 4) is 5.88 Å². The van der Waals surface area contributed by atoms with E-state index in [0.717, 1.165) is 17.7 Å². The molecule has 32 heavy (non-hydrogen) atoms. The molecule has 3 aromatic carbocycles. The summed E-state index contributed by atoms with van der Waals surface area (Å²) >= 11 is 0. The fourth-order valence-electron chi connectivity index (χ4n) is 3.52. The molecule has 0 unspecified atom stereocenters. The molecule has 0 aliphatic carbocycles. The quantitative estimate of drug-likeness (QED) is 0.239. The van der Waals surface area contributed by atoms with Gasteiger partial charge in [-0.3, -0.25) is 0 Å². The summed E-state index contributed by atoms with van der Waals surface area (Å²) in [6, 6.07) is 12.6. The maximum absolute atomic E-state index is 14.0. The number of aromatic hydroxyl groups is 1. The number of halogens is 4. The molecule has 0 amide bonds. The van der Waals surface area contributed by atoms with Gasteiger partial charge in [-0.25, -0.2) is 22.6 Å². The number of rotatable bonds is 5. The van der Waals surface area contributed by atoms with E-state index in [0.29, 0.717) is 17.6 Å². The van der Waals surface area contributed by atoms with E-state index in [2.05, 4.69) is 9.98 Å². The summed E-state index contributed by atoms with van der Waals surface area (Å²) in [7, 11) is 3.87. The summed E-state index contributed by atoms with van der Waals surface area (Å²) < 4.78 is 55.3. The highest BCUT2D eigenvalue weighted by Gasteiger charge is 2.22. The molecule has 164 valence electrons. The Kier molecular flexibility index (Phi) is 5.71. The molecule has 0 spiro atoms. The molecule has 0 fully saturated rings. The maximum Gasteiger partial charge on any atom is 0.199 e. The Morgan fingerprint density at radius 3 is 2.22 bits per heavy atom. The highest BCUT2D eigenvalue weighted by atomic mass is 19.2. The summed E-state index contributed by atoms with van der Waals surface area (Å²) in [5.74, 6) is -5.27. The Balaban J connectivity index is 1.92. The predicted octanol–water partition coefficient (Wildman–Crippen LogP) is 5.66. The van der Waals surface area contributed by atoms with Crippen molar-refractivity contribution in [2.24, 2.45) is 4.99 Å². The van der Waals surface area contributed by atoms with Crippen molar-refractivity contribution in [3.05, 3.63) is 94.6 Å². The smallest absolute Gasteiger partial charge is 0.199 e. The molecule has 0 saturated carbocycles. The second-order valence-corrected chi connectivity index (χ2v) is 7.66. The minimum atomic E-state index is -1.61. The van der Waals surface area contributed by atoms with Gasteiger partial charge in [-0.1, -0.05) is 12.1 Å². The maximum atomic E-state index is 14.0. The number of nitrogens with zero attached hydrogens (tertiary/aromatic N) is 2. The van der Waals surface area contributed by atoms with Crippen molar-refractivity contribution in [1.82, 2.24) is 9.88 Å². The molecule has 8 heteroatoms. The first-order valence-electron chi connectivity index (χ1n) is 9.71. The molecule has 0 radical (unpaired) electrons. The van der Waals surface area contributed by atoms with E-state index in [9.17, 15) is 22.7 Å². The van der Waals surface area contributed by atoms with Crippen LogP contribution in [0.2, 0.25) is 0 Å². The number of benzene rings is 3. The number of aromatic nitrogens is 1. The first-order valence-corrected chi connectivity index (χ1v) is 9.71. The zero-order valence-electron chi connectivity index (χ0n) is 17.3. The molecular weight excluding hydrogens is 422 g/mol. The normalized spacial score (nSPS) is 12.2. The molecule has 0 saturated heterocycles. The molecule has 4 rings (SSSR count). The first kappa shape index (κ1) is 21.6. The number of nitrogens with one attached hydrogen (secondary N) is 1. The van der Waals surface area contributed by atoms with Crippen LogP contribution in [0.4, 0.5) is 23.2 Å². The number of H-pyrrole nitrogens is 1. The highest BCUT2D eigenvalue weighted by Crippen LogP contribution is 2.32. The van der Waals surface area contributed by atoms with Gasteiger partial charge in [-0.05, 0) is 62.1 Å². The third kappa shape index (κ3) is 4.22. The van der Waals surface area contributed by atoms with E-state index in [1.807, 2.05) is 31.1 Å². The van der Waals surface area contributed by atoms with Crippen LogP contribution >= 0.6 is 0 Å². The van der Waals surface area contributed by atoms with E-state index >= 15 is 0 Å². The van der Waals surface area contributed by atoms with Crippen LogP contribution in [0.5, 0.6) is 5.88 Å². The lowest BCUT2D eigenvalue weighted by atomic mass is 10.00. The molecule has 0 bridgehead atoms. The zero-order valence-corrected chi connectivity index (χ0v) is 17.3. The van der Waals surface area contributed by atoms with E-state index in [1.165, 1.54) is 18.2 Å². The third-order valence-corrected chi connectivity index (χ3v) is 4.91. The van der Waals surface area contributed by atoms with Crippen LogP contribution in [0.3, 0.4) is 0 Å². The van der Waals surface area contributed by atoms with Gasteiger partial charge in [0.15, 0.2) is 23.3 Å². The van der Waals surface area contributed by atoms with Gasteiger partial charge in [-0.15, -0.1) is 0 Å². The largest absolute Gasteiger partial charge is 0.494 e. The highest BCUT2D eigenvalue weighted by molar-refractivity contribution is 6.21. The predicted molar refractivity (Wildman–Crippen MR) is 115 cm³/mol. The number of aromatic amines is 1. The molecule has 4 nitrogen and oxygen atoms in total. The van der Waals surface area contributed by atoms with Crippen LogP contribution in [-0.4, -0.2) is 34.8 Å². The second kappa shape index (κ2) is 8.47. The van der Waals surface area contributed by atoms with Gasteiger partial charge in [0.2, 0.25) is 0 Å². The van der Waals surface area contributed by atoms with Crippen LogP contribution in [0.1, 0.15) is 16.7 Å². The molecule has 0 atom stereocenters. The minimum Gasteiger partial charge on any atom is -0.494 e. The van der Waals surface area contributed by atoms with E-state index in [1.54, 1.807) is 12.1 Å². The number of hydrogen-bond donors (Lipinski definition) is 2. The van der Waals surface area contributed by atoms with Crippen molar-refractivity contribution in [2.45, 2.75) is 6.54 Å². The molecule has 4 aromatic rings. The zero-order chi connectivity index (χ0) is 23.0. The molecule has 2 N–H and O–H groups in total. The lowest BCUT2D eigenvalue weighted by Crippen LogP contribution is -2.10. The van der Waals surface area contributed by atoms with Crippen molar-refractivity contribution < 1.29 is 22.7 Å². The topological polar surface area (TPSA) is 51.6 Å². The summed E-state index contributed by atoms with van der Waals surface area (Å²) in [5, 5.41) is 10.9. The number of fused-ring (bicyclic) bond motifs is 1. The Morgan fingerprint density at radius 1 is 0.938 bits per heavy atom. The standard InChI is InChI=1S/C24H19F4N3O/c1-31(2)12-13-3-6-16(7-4-13)29-23(14-9-18(26)22(28)19(27)10-14)21-17-8-5-15(25)11-20(17)30-24(21)32/h3-11,30,32H,12H2,1-2H3. The van der Waals surface area contributed by atoms with Gasteiger partial charge in [0, 0.05) is 17.5 Å². The summed E-state index contributed by atoms with van der Waals surface area (Å²) in [5.41, 5.74) is 1.78. The van der Waals surface area contributed by atoms with Gasteiger partial charge < -0.3 is 15.0 Å². The fraction of sp³-hybridized carbons (Fsp3) is 0.125. The lowest BCUT2D eigenvalue weighted by Gasteiger charge is -2.11. The average Bonchev–Trinajstić information content (AvgIpc) is 3.05. The van der Waals surface area contributed by atoms with E-state index < -0.39 is 23.3 Å². The van der Waals surface area contributed by atoms with E-state index in [-0.39, 0.29) is 28.2 Å². The van der Waals surface area contributed by atoms with Gasteiger partial charge in [0.25, 0.3) is 0 Å². The SMILES string of the molecule is CN(C)Cc1ccc(N=C(c2cc(F)c(F)c(F)c2)c2c(O)[nH]c3cc(F)ccc23)cc1. The summed E-state index contributed by atoms with van der Waals surface area (Å²) in [6.45, 7) is 0.708. The first-order chi connectivity index (χ1) is 15.2. The van der Waals surface area contributed by atoms with Crippen LogP contribution in [-0.2, 0) is 6.54 Å². The monoisotopic (exact) mass is 441 g/mol. The summed E-state index contributed by atoms with van der Waals surface area (Å²) in [6.07, 6.45) is 0. The van der Waals surface area contributed by atoms with Crippen molar-refractivity contribution in [1.29, 1.82) is 0 Å². The summed E-state index contributed by atoms with van der Waals surface area (Å²) in [4.78, 5) is 9.15. The minimum absolute atomic E-state index is 0.00137. The Bertz CT molecular complexity index is 1300. The molecule has 1 heterocycles. The van der Waals surface area contributed by atoms with Gasteiger partial charge in [0.1, 0.15) is 5.82 Å². The number of hydrogen-bond acceptors (Lipinski definition) is 3. The van der Waals surface area contributed by atoms with Crippen molar-refractivity contribution in [3.63, 3.8) is 0 Å². The lowest BCUT2D eigenvalue weighted by molar-refractivity contribution is 0.402. The van der Waals surface area contributed by atoms with Crippen molar-refractivity contribution in [2.75, 3.05) is 14.1 Å². The van der Waals surface area contributed by atoms with Crippen LogP contribution in [0, 0.1) is 23.3 Å². The average molecular weight is 441 g/mol. The van der Waals surface area contributed by atoms with E-state index in [4.69, 9.17) is 0 Å². The van der Waals surface area contributed by atoms with Crippen LogP contribution < -0.4 is 0 Å². The van der Waals surface area contributed by atoms with Gasteiger partial charge >= 0.3 is 0 Å². The Morgan fingerprint density at radius 2 is 1.59 bits per heavy atom. The second-order valence-electron chi connectivity index (χ2n) is 7.66. The van der Waals surface area contributed by atoms with Crippen LogP contribution in [0.25, 0.3) is 10.9 Å². The molecule has 1 aromatic heterocycles. The fourth-order valence-corrected chi connectivity index (χ4v) is 3.52. The van der Waals surface area contributed by atoms with Crippen LogP contribution in [0.15, 0.2) is 59.6 Å². The van der Waals surface area contributed by atoms with Gasteiger partial charge in [0.05, 0.1) is 22.5 Å². The molecule has 0 aliphatic rings. The third-order valence-electron chi connectivity index (χ3n) is 4.91. The Hall–Kier alpha value is -3.65. The van der Waals surface area contributed by atoms with Crippen molar-refractivity contribution >= 4 is 22.3 Å². The van der Waals surface area contributed by atoms with Gasteiger partial charge in [-0.2, -0.15) is 0 Å².